The van der Waals surface area contributed by atoms with Gasteiger partial charge in [-0.1, -0.05) is 39.0 Å². The fraction of sp³-hybridized carbons (Fsp3) is 0.467. The molecule has 0 radical (unpaired) electrons. The number of allylic oxidation sites excluding steroid dienone is 1. The quantitative estimate of drug-likeness (QED) is 0.249. The third-order valence-corrected chi connectivity index (χ3v) is 2.42. The predicted octanol–water partition coefficient (Wildman–Crippen LogP) is 3.30. The van der Waals surface area contributed by atoms with Gasteiger partial charge in [0.15, 0.2) is 0 Å². The SMILES string of the molecule is C=CC(=O)OCCCCCCCC(=C)OC(=O)C=C. The normalized spacial score (nSPS) is 9.47. The van der Waals surface area contributed by atoms with Crippen LogP contribution < -0.4 is 0 Å². The highest BCUT2D eigenvalue weighted by Crippen LogP contribution is 2.11. The first-order valence-electron chi connectivity index (χ1n) is 6.41. The van der Waals surface area contributed by atoms with E-state index in [1.165, 1.54) is 0 Å². The molecule has 106 valence electrons. The first-order chi connectivity index (χ1) is 9.10. The maximum atomic E-state index is 10.9. The van der Waals surface area contributed by atoms with Crippen LogP contribution >= 0.6 is 0 Å². The van der Waals surface area contributed by atoms with Crippen LogP contribution in [0, 0.1) is 0 Å². The molecule has 19 heavy (non-hydrogen) atoms. The molecule has 0 atom stereocenters. The van der Waals surface area contributed by atoms with Crippen molar-refractivity contribution < 1.29 is 19.1 Å². The lowest BCUT2D eigenvalue weighted by atomic mass is 10.1. The van der Waals surface area contributed by atoms with Crippen molar-refractivity contribution in [3.63, 3.8) is 0 Å². The van der Waals surface area contributed by atoms with Gasteiger partial charge in [-0.2, -0.15) is 0 Å². The lowest BCUT2D eigenvalue weighted by Crippen LogP contribution is -2.01. The molecule has 0 aliphatic carbocycles. The number of rotatable bonds is 11. The Morgan fingerprint density at radius 3 is 2.11 bits per heavy atom. The average molecular weight is 266 g/mol. The lowest BCUT2D eigenvalue weighted by Gasteiger charge is -2.05. The van der Waals surface area contributed by atoms with E-state index in [2.05, 4.69) is 19.7 Å². The first kappa shape index (κ1) is 17.2. The molecule has 0 N–H and O–H groups in total. The zero-order valence-corrected chi connectivity index (χ0v) is 11.4. The smallest absolute Gasteiger partial charge is 0.335 e. The zero-order valence-electron chi connectivity index (χ0n) is 11.4. The highest BCUT2D eigenvalue weighted by molar-refractivity contribution is 5.82. The highest BCUT2D eigenvalue weighted by Gasteiger charge is 2.01. The summed E-state index contributed by atoms with van der Waals surface area (Å²) >= 11 is 0. The van der Waals surface area contributed by atoms with Crippen molar-refractivity contribution in [2.45, 2.75) is 38.5 Å². The second-order valence-corrected chi connectivity index (χ2v) is 4.05. The van der Waals surface area contributed by atoms with Crippen LogP contribution in [0.3, 0.4) is 0 Å². The summed E-state index contributed by atoms with van der Waals surface area (Å²) in [6.45, 7) is 10.7. The van der Waals surface area contributed by atoms with E-state index in [1.54, 1.807) is 0 Å². The summed E-state index contributed by atoms with van der Waals surface area (Å²) in [7, 11) is 0. The van der Waals surface area contributed by atoms with Crippen molar-refractivity contribution in [1.82, 2.24) is 0 Å². The highest BCUT2D eigenvalue weighted by atomic mass is 16.5. The third kappa shape index (κ3) is 11.0. The first-order valence-corrected chi connectivity index (χ1v) is 6.41. The Kier molecular flexibility index (Phi) is 10.2. The van der Waals surface area contributed by atoms with E-state index >= 15 is 0 Å². The molecule has 0 unspecified atom stereocenters. The number of esters is 2. The molecule has 0 amide bonds. The standard InChI is InChI=1S/C15H22O4/c1-4-14(16)18-12-10-8-6-7-9-11-13(3)19-15(17)5-2/h4-5H,1-3,6-12H2. The topological polar surface area (TPSA) is 52.6 Å². The molecule has 0 aromatic carbocycles. The molecular weight excluding hydrogens is 244 g/mol. The van der Waals surface area contributed by atoms with Crippen LogP contribution in [0.2, 0.25) is 0 Å². The Labute approximate surface area is 114 Å². The van der Waals surface area contributed by atoms with Gasteiger partial charge >= 0.3 is 11.9 Å². The van der Waals surface area contributed by atoms with Crippen molar-refractivity contribution in [1.29, 1.82) is 0 Å². The Morgan fingerprint density at radius 2 is 1.47 bits per heavy atom. The lowest BCUT2D eigenvalue weighted by molar-refractivity contribution is -0.138. The molecule has 0 rings (SSSR count). The molecule has 0 bridgehead atoms. The van der Waals surface area contributed by atoms with Crippen molar-refractivity contribution >= 4 is 11.9 Å². The van der Waals surface area contributed by atoms with Crippen LogP contribution in [0.1, 0.15) is 38.5 Å². The van der Waals surface area contributed by atoms with E-state index in [1.807, 2.05) is 0 Å². The van der Waals surface area contributed by atoms with Crippen LogP contribution in [0.4, 0.5) is 0 Å². The van der Waals surface area contributed by atoms with Gasteiger partial charge < -0.3 is 9.47 Å². The van der Waals surface area contributed by atoms with Gasteiger partial charge in [-0.25, -0.2) is 9.59 Å². The summed E-state index contributed by atoms with van der Waals surface area (Å²) < 4.78 is 9.72. The van der Waals surface area contributed by atoms with Crippen LogP contribution in [0.15, 0.2) is 37.6 Å². The molecule has 4 heteroatoms. The molecule has 0 aliphatic heterocycles. The molecular formula is C15H22O4. The third-order valence-electron chi connectivity index (χ3n) is 2.42. The van der Waals surface area contributed by atoms with E-state index in [9.17, 15) is 9.59 Å². The van der Waals surface area contributed by atoms with Crippen LogP contribution in [0.25, 0.3) is 0 Å². The van der Waals surface area contributed by atoms with Gasteiger partial charge in [-0.3, -0.25) is 0 Å². The molecule has 0 spiro atoms. The number of carbonyl (C=O) groups excluding carboxylic acids is 2. The fourth-order valence-electron chi connectivity index (χ4n) is 1.42. The largest absolute Gasteiger partial charge is 0.463 e. The number of ether oxygens (including phenoxy) is 2. The van der Waals surface area contributed by atoms with Crippen LogP contribution in [-0.4, -0.2) is 18.5 Å². The molecule has 0 aromatic rings. The van der Waals surface area contributed by atoms with Crippen LogP contribution in [-0.2, 0) is 19.1 Å². The molecule has 0 aliphatic rings. The predicted molar refractivity (Wildman–Crippen MR) is 74.3 cm³/mol. The monoisotopic (exact) mass is 266 g/mol. The number of unbranched alkanes of at least 4 members (excludes halogenated alkanes) is 4. The van der Waals surface area contributed by atoms with Gasteiger partial charge in [0.2, 0.25) is 0 Å². The maximum absolute atomic E-state index is 10.9. The Bertz CT molecular complexity index is 331. The molecule has 4 nitrogen and oxygen atoms in total. The summed E-state index contributed by atoms with van der Waals surface area (Å²) in [4.78, 5) is 21.6. The van der Waals surface area contributed by atoms with Gasteiger partial charge in [-0.05, 0) is 12.8 Å². The molecule has 0 saturated heterocycles. The van der Waals surface area contributed by atoms with Crippen LogP contribution in [0.5, 0.6) is 0 Å². The number of hydrogen-bond acceptors (Lipinski definition) is 4. The average Bonchev–Trinajstić information content (AvgIpc) is 2.41. The van der Waals surface area contributed by atoms with E-state index in [4.69, 9.17) is 9.47 Å². The maximum Gasteiger partial charge on any atom is 0.335 e. The minimum Gasteiger partial charge on any atom is -0.463 e. The minimum absolute atomic E-state index is 0.375. The van der Waals surface area contributed by atoms with Crippen molar-refractivity contribution in [3.05, 3.63) is 37.6 Å². The van der Waals surface area contributed by atoms with Crippen molar-refractivity contribution in [3.8, 4) is 0 Å². The Morgan fingerprint density at radius 1 is 0.895 bits per heavy atom. The number of carbonyl (C=O) groups is 2. The van der Waals surface area contributed by atoms with E-state index < -0.39 is 5.97 Å². The Hall–Kier alpha value is -1.84. The number of hydrogen-bond donors (Lipinski definition) is 0. The van der Waals surface area contributed by atoms with E-state index in [0.717, 1.165) is 44.3 Å². The van der Waals surface area contributed by atoms with Gasteiger partial charge in [0.1, 0.15) is 5.76 Å². The summed E-state index contributed by atoms with van der Waals surface area (Å²) in [6.07, 6.45) is 7.82. The summed E-state index contributed by atoms with van der Waals surface area (Å²) in [5.41, 5.74) is 0. The van der Waals surface area contributed by atoms with Gasteiger partial charge in [0, 0.05) is 18.6 Å². The molecule has 0 fully saturated rings. The van der Waals surface area contributed by atoms with E-state index in [0.29, 0.717) is 18.8 Å². The molecule has 0 heterocycles. The van der Waals surface area contributed by atoms with Crippen molar-refractivity contribution in [2.24, 2.45) is 0 Å². The second-order valence-electron chi connectivity index (χ2n) is 4.05. The molecule has 0 aromatic heterocycles. The van der Waals surface area contributed by atoms with Crippen molar-refractivity contribution in [2.75, 3.05) is 6.61 Å². The zero-order chi connectivity index (χ0) is 14.5. The Balaban J connectivity index is 3.33. The summed E-state index contributed by atoms with van der Waals surface area (Å²) in [5.74, 6) is -0.362. The minimum atomic E-state index is -0.464. The van der Waals surface area contributed by atoms with Gasteiger partial charge in [0.25, 0.3) is 0 Å². The fourth-order valence-corrected chi connectivity index (χ4v) is 1.42. The van der Waals surface area contributed by atoms with E-state index in [-0.39, 0.29) is 5.97 Å². The van der Waals surface area contributed by atoms with Gasteiger partial charge in [0.05, 0.1) is 6.61 Å². The molecule has 0 saturated carbocycles. The summed E-state index contributed by atoms with van der Waals surface area (Å²) in [6, 6.07) is 0. The second kappa shape index (κ2) is 11.3. The summed E-state index contributed by atoms with van der Waals surface area (Å²) in [5, 5.41) is 0. The van der Waals surface area contributed by atoms with Gasteiger partial charge in [-0.15, -0.1) is 0 Å².